The van der Waals surface area contributed by atoms with Gasteiger partial charge in [-0.1, -0.05) is 47.8 Å². The van der Waals surface area contributed by atoms with Crippen LogP contribution < -0.4 is 0 Å². The third-order valence-corrected chi connectivity index (χ3v) is 8.42. The Morgan fingerprint density at radius 3 is 1.15 bits per heavy atom. The van der Waals surface area contributed by atoms with Crippen molar-refractivity contribution < 1.29 is 14.1 Å². The molecule has 26 heavy (non-hydrogen) atoms. The van der Waals surface area contributed by atoms with E-state index in [1.807, 2.05) is 72.8 Å². The van der Waals surface area contributed by atoms with Crippen molar-refractivity contribution in [1.82, 2.24) is 0 Å². The Morgan fingerprint density at radius 2 is 0.923 bits per heavy atom. The van der Waals surface area contributed by atoms with Gasteiger partial charge in [-0.2, -0.15) is 0 Å². The Labute approximate surface area is 178 Å². The highest BCUT2D eigenvalue weighted by Gasteiger charge is 2.35. The Balaban J connectivity index is 2.33. The van der Waals surface area contributed by atoms with E-state index in [4.69, 9.17) is 4.18 Å². The van der Waals surface area contributed by atoms with E-state index in [0.717, 1.165) is 28.1 Å². The van der Waals surface area contributed by atoms with Gasteiger partial charge in [-0.05, 0) is 83.1 Å². The molecule has 0 bridgehead atoms. The molecule has 0 spiro atoms. The molecule has 0 amide bonds. The molecule has 0 radical (unpaired) electrons. The fraction of sp³-hybridized carbons (Fsp3) is 0. The van der Waals surface area contributed by atoms with E-state index in [-0.39, 0.29) is 0 Å². The van der Waals surface area contributed by atoms with Gasteiger partial charge in [0.05, 0.1) is 0 Å². The van der Waals surface area contributed by atoms with Crippen molar-refractivity contribution in [3.8, 4) is 0 Å². The molecular weight excluding hydrogens is 548 g/mol. The summed E-state index contributed by atoms with van der Waals surface area (Å²) in [4.78, 5) is 14.1. The Kier molecular flexibility index (Phi) is 6.12. The van der Waals surface area contributed by atoms with E-state index >= 15 is 0 Å². The zero-order valence-corrected chi connectivity index (χ0v) is 18.8. The molecule has 0 aliphatic carbocycles. The van der Waals surface area contributed by atoms with Crippen LogP contribution in [0.3, 0.4) is 0 Å². The average molecular weight is 561 g/mol. The normalized spacial score (nSPS) is 11.8. The van der Waals surface area contributed by atoms with E-state index in [0.29, 0.717) is 0 Å². The van der Waals surface area contributed by atoms with Crippen molar-refractivity contribution >= 4 is 64.3 Å². The van der Waals surface area contributed by atoms with Crippen LogP contribution >= 0.6 is 58.1 Å². The zero-order valence-electron chi connectivity index (χ0n) is 13.2. The number of halogens is 3. The smallest absolute Gasteiger partial charge is 0.449 e. The standard InChI is InChI=1S/C19H13Br3O3S/c20-13-1-7-16(8-2-13)26(25-19(23)24,17-9-3-14(21)4-10-17)18-11-5-15(22)6-12-18/h1-12H,(H,23,24). The topological polar surface area (TPSA) is 46.5 Å². The van der Waals surface area contributed by atoms with E-state index in [1.165, 1.54) is 0 Å². The van der Waals surface area contributed by atoms with Crippen LogP contribution in [0.25, 0.3) is 0 Å². The van der Waals surface area contributed by atoms with Gasteiger partial charge in [-0.3, -0.25) is 0 Å². The fourth-order valence-corrected chi connectivity index (χ4v) is 6.21. The molecule has 0 heterocycles. The van der Waals surface area contributed by atoms with Crippen LogP contribution in [0.4, 0.5) is 4.79 Å². The molecule has 3 nitrogen and oxygen atoms in total. The SMILES string of the molecule is O=C(O)OS(c1ccc(Br)cc1)(c1ccc(Br)cc1)c1ccc(Br)cc1. The molecule has 0 aliphatic heterocycles. The quantitative estimate of drug-likeness (QED) is 0.353. The highest BCUT2D eigenvalue weighted by atomic mass is 79.9. The van der Waals surface area contributed by atoms with E-state index in [9.17, 15) is 9.90 Å². The predicted octanol–water partition coefficient (Wildman–Crippen LogP) is 7.87. The molecule has 7 heteroatoms. The van der Waals surface area contributed by atoms with E-state index < -0.39 is 16.5 Å². The molecule has 3 rings (SSSR count). The van der Waals surface area contributed by atoms with Crippen molar-refractivity contribution in [1.29, 1.82) is 0 Å². The van der Waals surface area contributed by atoms with Crippen LogP contribution in [0.5, 0.6) is 0 Å². The second-order valence-corrected chi connectivity index (χ2v) is 10.7. The summed E-state index contributed by atoms with van der Waals surface area (Å²) >= 11 is 10.3. The van der Waals surface area contributed by atoms with Crippen molar-refractivity contribution in [2.24, 2.45) is 0 Å². The molecule has 134 valence electrons. The third-order valence-electron chi connectivity index (χ3n) is 3.63. The van der Waals surface area contributed by atoms with Crippen molar-refractivity contribution in [2.75, 3.05) is 0 Å². The van der Waals surface area contributed by atoms with Crippen molar-refractivity contribution in [3.63, 3.8) is 0 Å². The van der Waals surface area contributed by atoms with Gasteiger partial charge in [0.15, 0.2) is 0 Å². The van der Waals surface area contributed by atoms with Crippen molar-refractivity contribution in [3.05, 3.63) is 86.2 Å². The summed E-state index contributed by atoms with van der Waals surface area (Å²) in [6, 6.07) is 22.7. The van der Waals surface area contributed by atoms with Gasteiger partial charge in [-0.25, -0.2) is 4.79 Å². The first kappa shape index (κ1) is 19.5. The zero-order chi connectivity index (χ0) is 18.7. The van der Waals surface area contributed by atoms with Crippen LogP contribution in [0.15, 0.2) is 101 Å². The molecule has 1 N–H and O–H groups in total. The lowest BCUT2D eigenvalue weighted by Gasteiger charge is -2.38. The lowest BCUT2D eigenvalue weighted by Crippen LogP contribution is -2.12. The van der Waals surface area contributed by atoms with Gasteiger partial charge < -0.3 is 9.29 Å². The van der Waals surface area contributed by atoms with Gasteiger partial charge in [0.1, 0.15) is 0 Å². The average Bonchev–Trinajstić information content (AvgIpc) is 2.62. The second-order valence-electron chi connectivity index (χ2n) is 5.27. The Bertz CT molecular complexity index is 799. The number of hydrogen-bond donors (Lipinski definition) is 1. The molecule has 0 aromatic heterocycles. The van der Waals surface area contributed by atoms with Crippen LogP contribution in [-0.2, 0) is 4.18 Å². The molecule has 0 saturated carbocycles. The number of carboxylic acid groups (broad SMARTS) is 1. The number of carbonyl (C=O) groups is 1. The predicted molar refractivity (Wildman–Crippen MR) is 114 cm³/mol. The summed E-state index contributed by atoms with van der Waals surface area (Å²) in [5, 5.41) is 9.57. The Hall–Kier alpha value is -1.28. The number of hydrogen-bond acceptors (Lipinski definition) is 2. The first-order valence-electron chi connectivity index (χ1n) is 7.44. The molecule has 3 aromatic carbocycles. The van der Waals surface area contributed by atoms with Gasteiger partial charge in [0.2, 0.25) is 0 Å². The molecule has 3 aromatic rings. The van der Waals surface area contributed by atoms with Crippen LogP contribution in [-0.4, -0.2) is 11.3 Å². The first-order chi connectivity index (χ1) is 12.4. The minimum atomic E-state index is -2.44. The summed E-state index contributed by atoms with van der Waals surface area (Å²) in [5.41, 5.74) is 0. The van der Waals surface area contributed by atoms with Crippen LogP contribution in [0, 0.1) is 0 Å². The maximum atomic E-state index is 11.7. The molecule has 0 unspecified atom stereocenters. The molecular formula is C19H13Br3O3S. The molecule has 0 atom stereocenters. The lowest BCUT2D eigenvalue weighted by atomic mass is 10.4. The maximum Gasteiger partial charge on any atom is 0.517 e. The van der Waals surface area contributed by atoms with Gasteiger partial charge in [0.25, 0.3) is 0 Å². The largest absolute Gasteiger partial charge is 0.517 e. The maximum absolute atomic E-state index is 11.7. The summed E-state index contributed by atoms with van der Waals surface area (Å²) in [7, 11) is -2.44. The monoisotopic (exact) mass is 558 g/mol. The highest BCUT2D eigenvalue weighted by Crippen LogP contribution is 2.69. The van der Waals surface area contributed by atoms with Crippen LogP contribution in [0.1, 0.15) is 0 Å². The number of benzene rings is 3. The van der Waals surface area contributed by atoms with Gasteiger partial charge >= 0.3 is 6.16 Å². The minimum Gasteiger partial charge on any atom is -0.449 e. The summed E-state index contributed by atoms with van der Waals surface area (Å²) < 4.78 is 8.41. The highest BCUT2D eigenvalue weighted by molar-refractivity contribution is 9.11. The third kappa shape index (κ3) is 4.01. The van der Waals surface area contributed by atoms with Crippen molar-refractivity contribution in [2.45, 2.75) is 14.7 Å². The summed E-state index contributed by atoms with van der Waals surface area (Å²) in [6.07, 6.45) is -1.31. The Morgan fingerprint density at radius 1 is 0.654 bits per heavy atom. The second kappa shape index (κ2) is 8.17. The van der Waals surface area contributed by atoms with Gasteiger partial charge in [-0.15, -0.1) is 0 Å². The number of rotatable bonds is 4. The minimum absolute atomic E-state index is 0.799. The molecule has 0 fully saturated rings. The van der Waals surface area contributed by atoms with E-state index in [1.54, 1.807) is 0 Å². The fourth-order valence-electron chi connectivity index (χ4n) is 2.54. The summed E-state index contributed by atoms with van der Waals surface area (Å²) in [5.74, 6) is 0. The lowest BCUT2D eigenvalue weighted by molar-refractivity contribution is 0.150. The molecule has 0 saturated heterocycles. The summed E-state index contributed by atoms with van der Waals surface area (Å²) in [6.45, 7) is 0. The molecule has 0 aliphatic rings. The van der Waals surface area contributed by atoms with Gasteiger partial charge in [0, 0.05) is 28.1 Å². The first-order valence-corrected chi connectivity index (χ1v) is 11.4. The van der Waals surface area contributed by atoms with Crippen LogP contribution in [0.2, 0.25) is 0 Å². The van der Waals surface area contributed by atoms with E-state index in [2.05, 4.69) is 47.8 Å².